The molecular formula is C20H21F2NO3. The number of hydrogen-bond donors (Lipinski definition) is 2. The van der Waals surface area contributed by atoms with Crippen LogP contribution in [0.15, 0.2) is 42.5 Å². The van der Waals surface area contributed by atoms with Crippen LogP contribution in [0.3, 0.4) is 0 Å². The van der Waals surface area contributed by atoms with Crippen LogP contribution in [-0.2, 0) is 6.42 Å². The third-order valence-electron chi connectivity index (χ3n) is 4.81. The maximum Gasteiger partial charge on any atom is 0.257 e. The molecule has 1 aliphatic rings. The monoisotopic (exact) mass is 361 g/mol. The summed E-state index contributed by atoms with van der Waals surface area (Å²) in [6, 6.07) is 11.2. The van der Waals surface area contributed by atoms with Crippen molar-refractivity contribution in [1.29, 1.82) is 0 Å². The third kappa shape index (κ3) is 4.02. The molecule has 0 aromatic heterocycles. The first kappa shape index (κ1) is 18.3. The molecule has 3 rings (SSSR count). The first-order valence-corrected chi connectivity index (χ1v) is 8.53. The summed E-state index contributed by atoms with van der Waals surface area (Å²) in [6.45, 7) is 0. The van der Waals surface area contributed by atoms with Crippen molar-refractivity contribution < 1.29 is 23.4 Å². The van der Waals surface area contributed by atoms with Crippen molar-refractivity contribution in [2.24, 2.45) is 5.92 Å². The summed E-state index contributed by atoms with van der Waals surface area (Å²) in [5.41, 5.74) is 0.388. The molecule has 2 aromatic carbocycles. The van der Waals surface area contributed by atoms with Gasteiger partial charge in [0.05, 0.1) is 13.2 Å². The fourth-order valence-electron chi connectivity index (χ4n) is 3.29. The van der Waals surface area contributed by atoms with E-state index in [1.807, 2.05) is 30.3 Å². The van der Waals surface area contributed by atoms with Gasteiger partial charge in [0, 0.05) is 18.2 Å². The van der Waals surface area contributed by atoms with Gasteiger partial charge in [0.15, 0.2) is 0 Å². The van der Waals surface area contributed by atoms with Crippen molar-refractivity contribution in [1.82, 2.24) is 5.32 Å². The van der Waals surface area contributed by atoms with E-state index in [9.17, 15) is 18.7 Å². The first-order valence-electron chi connectivity index (χ1n) is 8.53. The molecule has 0 aliphatic heterocycles. The van der Waals surface area contributed by atoms with Gasteiger partial charge in [-0.2, -0.15) is 0 Å². The van der Waals surface area contributed by atoms with Gasteiger partial charge in [-0.15, -0.1) is 0 Å². The quantitative estimate of drug-likeness (QED) is 0.831. The Morgan fingerprint density at radius 2 is 1.85 bits per heavy atom. The van der Waals surface area contributed by atoms with Gasteiger partial charge in [-0.1, -0.05) is 30.3 Å². The van der Waals surface area contributed by atoms with Crippen molar-refractivity contribution in [2.45, 2.75) is 31.4 Å². The number of aliphatic hydroxyl groups is 1. The van der Waals surface area contributed by atoms with Gasteiger partial charge in [-0.3, -0.25) is 4.79 Å². The van der Waals surface area contributed by atoms with Gasteiger partial charge in [-0.25, -0.2) is 8.78 Å². The minimum atomic E-state index is -0.966. The van der Waals surface area contributed by atoms with Gasteiger partial charge < -0.3 is 15.2 Å². The van der Waals surface area contributed by atoms with Crippen molar-refractivity contribution in [2.75, 3.05) is 7.11 Å². The van der Waals surface area contributed by atoms with Crippen molar-refractivity contribution in [3.63, 3.8) is 0 Å². The number of halogens is 2. The molecule has 0 unspecified atom stereocenters. The van der Waals surface area contributed by atoms with Gasteiger partial charge in [0.2, 0.25) is 0 Å². The highest BCUT2D eigenvalue weighted by Gasteiger charge is 2.35. The van der Waals surface area contributed by atoms with Crippen LogP contribution in [0.5, 0.6) is 5.75 Å². The van der Waals surface area contributed by atoms with E-state index in [-0.39, 0.29) is 23.8 Å². The number of nitrogens with one attached hydrogen (secondary N) is 1. The summed E-state index contributed by atoms with van der Waals surface area (Å²) in [5.74, 6) is -2.65. The second-order valence-corrected chi connectivity index (χ2v) is 6.62. The number of methoxy groups -OCH3 is 1. The van der Waals surface area contributed by atoms with Crippen LogP contribution in [0.1, 0.15) is 28.8 Å². The summed E-state index contributed by atoms with van der Waals surface area (Å²) in [6.07, 6.45) is 1.27. The van der Waals surface area contributed by atoms with Crippen LogP contribution < -0.4 is 10.1 Å². The summed E-state index contributed by atoms with van der Waals surface area (Å²) in [7, 11) is 1.30. The second kappa shape index (κ2) is 7.83. The first-order chi connectivity index (χ1) is 12.5. The zero-order chi connectivity index (χ0) is 18.7. The molecule has 26 heavy (non-hydrogen) atoms. The predicted octanol–water partition coefficient (Wildman–Crippen LogP) is 3.09. The molecule has 0 heterocycles. The molecule has 1 aliphatic carbocycles. The number of ether oxygens (including phenoxy) is 1. The number of rotatable bonds is 6. The molecule has 0 bridgehead atoms. The molecule has 1 fully saturated rings. The summed E-state index contributed by atoms with van der Waals surface area (Å²) < 4.78 is 33.1. The number of benzene rings is 2. The number of hydrogen-bond acceptors (Lipinski definition) is 3. The average Bonchev–Trinajstić information content (AvgIpc) is 2.58. The Balaban J connectivity index is 1.79. The molecule has 138 valence electrons. The zero-order valence-corrected chi connectivity index (χ0v) is 14.4. The lowest BCUT2D eigenvalue weighted by Crippen LogP contribution is -2.48. The van der Waals surface area contributed by atoms with Crippen molar-refractivity contribution in [3.8, 4) is 5.75 Å². The van der Waals surface area contributed by atoms with E-state index in [1.165, 1.54) is 7.11 Å². The summed E-state index contributed by atoms with van der Waals surface area (Å²) >= 11 is 0. The number of aliphatic hydroxyl groups excluding tert-OH is 1. The van der Waals surface area contributed by atoms with Crippen LogP contribution in [0.4, 0.5) is 8.78 Å². The standard InChI is InChI=1S/C20H21F2NO3/c1-26-15-10-16(21)19(17(22)11-15)20(25)23-18(13-8-14(24)9-13)7-12-5-3-2-4-6-12/h2-6,10-11,13-14,18,24H,7-9H2,1H3,(H,23,25)/t13?,14?,18-/m1/s1. The molecule has 2 N–H and O–H groups in total. The highest BCUT2D eigenvalue weighted by Crippen LogP contribution is 2.32. The normalized spacial score (nSPS) is 20.2. The second-order valence-electron chi connectivity index (χ2n) is 6.62. The SMILES string of the molecule is COc1cc(F)c(C(=O)N[C@H](Cc2ccccc2)C2CC(O)C2)c(F)c1. The Morgan fingerprint density at radius 1 is 1.23 bits per heavy atom. The van der Waals surface area contributed by atoms with E-state index in [0.29, 0.717) is 19.3 Å². The Kier molecular flexibility index (Phi) is 5.52. The topological polar surface area (TPSA) is 58.6 Å². The van der Waals surface area contributed by atoms with Gasteiger partial charge >= 0.3 is 0 Å². The number of carbonyl (C=O) groups excluding carboxylic acids is 1. The molecule has 0 saturated heterocycles. The fraction of sp³-hybridized carbons (Fsp3) is 0.350. The molecule has 2 aromatic rings. The Labute approximate surface area is 150 Å². The fourth-order valence-corrected chi connectivity index (χ4v) is 3.29. The van der Waals surface area contributed by atoms with Gasteiger partial charge in [-0.05, 0) is 30.7 Å². The highest BCUT2D eigenvalue weighted by atomic mass is 19.1. The van der Waals surface area contributed by atoms with E-state index in [2.05, 4.69) is 5.32 Å². The van der Waals surface area contributed by atoms with Gasteiger partial charge in [0.1, 0.15) is 22.9 Å². The van der Waals surface area contributed by atoms with Crippen LogP contribution in [0.25, 0.3) is 0 Å². The van der Waals surface area contributed by atoms with E-state index in [0.717, 1.165) is 17.7 Å². The van der Waals surface area contributed by atoms with Crippen molar-refractivity contribution >= 4 is 5.91 Å². The zero-order valence-electron chi connectivity index (χ0n) is 14.4. The molecule has 0 spiro atoms. The van der Waals surface area contributed by atoms with E-state index in [4.69, 9.17) is 4.74 Å². The minimum Gasteiger partial charge on any atom is -0.497 e. The highest BCUT2D eigenvalue weighted by molar-refractivity contribution is 5.95. The Bertz CT molecular complexity index is 753. The summed E-state index contributed by atoms with van der Waals surface area (Å²) in [5, 5.41) is 12.3. The number of carbonyl (C=O) groups is 1. The lowest BCUT2D eigenvalue weighted by molar-refractivity contribution is 0.0238. The lowest BCUT2D eigenvalue weighted by atomic mass is 9.75. The van der Waals surface area contributed by atoms with E-state index in [1.54, 1.807) is 0 Å². The van der Waals surface area contributed by atoms with Crippen LogP contribution in [-0.4, -0.2) is 30.3 Å². The molecule has 4 nitrogen and oxygen atoms in total. The molecular weight excluding hydrogens is 340 g/mol. The van der Waals surface area contributed by atoms with Gasteiger partial charge in [0.25, 0.3) is 5.91 Å². The maximum atomic E-state index is 14.2. The molecule has 0 radical (unpaired) electrons. The van der Waals surface area contributed by atoms with E-state index >= 15 is 0 Å². The number of amides is 1. The Hall–Kier alpha value is -2.47. The molecule has 1 amide bonds. The van der Waals surface area contributed by atoms with E-state index < -0.39 is 23.1 Å². The maximum absolute atomic E-state index is 14.2. The average molecular weight is 361 g/mol. The lowest BCUT2D eigenvalue weighted by Gasteiger charge is -2.38. The molecule has 6 heteroatoms. The third-order valence-corrected chi connectivity index (χ3v) is 4.81. The predicted molar refractivity (Wildman–Crippen MR) is 93.0 cm³/mol. The van der Waals surface area contributed by atoms with Crippen LogP contribution in [0, 0.1) is 17.6 Å². The van der Waals surface area contributed by atoms with Crippen LogP contribution in [0.2, 0.25) is 0 Å². The largest absolute Gasteiger partial charge is 0.497 e. The molecule has 1 atom stereocenters. The smallest absolute Gasteiger partial charge is 0.257 e. The van der Waals surface area contributed by atoms with Crippen LogP contribution >= 0.6 is 0 Å². The van der Waals surface area contributed by atoms with Crippen molar-refractivity contribution in [3.05, 3.63) is 65.2 Å². The Morgan fingerprint density at radius 3 is 2.38 bits per heavy atom. The summed E-state index contributed by atoms with van der Waals surface area (Å²) in [4.78, 5) is 12.5. The molecule has 1 saturated carbocycles. The minimum absolute atomic E-state index is 0.0134.